The second-order valence-corrected chi connectivity index (χ2v) is 8.67. The average Bonchev–Trinajstić information content (AvgIpc) is 3.56. The van der Waals surface area contributed by atoms with Crippen LogP contribution in [0.15, 0.2) is 40.4 Å². The summed E-state index contributed by atoms with van der Waals surface area (Å²) in [5.74, 6) is 2.66. The van der Waals surface area contributed by atoms with Gasteiger partial charge in [-0.1, -0.05) is 18.0 Å². The zero-order valence-corrected chi connectivity index (χ0v) is 17.5. The van der Waals surface area contributed by atoms with Crippen molar-refractivity contribution in [1.82, 2.24) is 20.0 Å². The molecule has 0 aromatic carbocycles. The summed E-state index contributed by atoms with van der Waals surface area (Å²) in [5.41, 5.74) is 0.862. The Morgan fingerprint density at radius 3 is 2.67 bits per heavy atom. The van der Waals surface area contributed by atoms with Crippen LogP contribution in [0.2, 0.25) is 0 Å². The number of hydrogen-bond donors (Lipinski definition) is 1. The third-order valence-electron chi connectivity index (χ3n) is 5.79. The quantitative estimate of drug-likeness (QED) is 0.675. The summed E-state index contributed by atoms with van der Waals surface area (Å²) in [6, 6.07) is 7.77. The number of carbonyl (C=O) groups excluding carboxylic acids is 1. The fourth-order valence-corrected chi connectivity index (χ4v) is 4.68. The molecule has 3 aromatic heterocycles. The van der Waals surface area contributed by atoms with Gasteiger partial charge in [-0.2, -0.15) is 4.98 Å². The van der Waals surface area contributed by atoms with Crippen molar-refractivity contribution in [1.29, 1.82) is 0 Å². The molecule has 0 radical (unpaired) electrons. The van der Waals surface area contributed by atoms with Crippen molar-refractivity contribution < 1.29 is 9.32 Å². The van der Waals surface area contributed by atoms with Crippen molar-refractivity contribution in [3.8, 4) is 11.4 Å². The van der Waals surface area contributed by atoms with Crippen LogP contribution in [0.3, 0.4) is 0 Å². The molecule has 2 fully saturated rings. The Bertz CT molecular complexity index is 973. The van der Waals surface area contributed by atoms with Gasteiger partial charge in [-0.3, -0.25) is 5.32 Å². The monoisotopic (exact) mass is 424 g/mol. The molecule has 1 N–H and O–H groups in total. The first-order valence-electron chi connectivity index (χ1n) is 10.4. The first kappa shape index (κ1) is 19.0. The first-order valence-corrected chi connectivity index (χ1v) is 11.3. The van der Waals surface area contributed by atoms with Crippen LogP contribution in [0.5, 0.6) is 0 Å². The fourth-order valence-electron chi connectivity index (χ4n) is 4.07. The van der Waals surface area contributed by atoms with Gasteiger partial charge >= 0.3 is 6.03 Å². The van der Waals surface area contributed by atoms with Crippen LogP contribution in [0.25, 0.3) is 11.4 Å². The lowest BCUT2D eigenvalue weighted by Crippen LogP contribution is -2.50. The van der Waals surface area contributed by atoms with Crippen LogP contribution >= 0.6 is 11.3 Å². The molecule has 0 spiro atoms. The number of amides is 2. The normalized spacial score (nSPS) is 17.5. The summed E-state index contributed by atoms with van der Waals surface area (Å²) in [6.45, 7) is 2.82. The molecule has 156 valence electrons. The van der Waals surface area contributed by atoms with E-state index in [-0.39, 0.29) is 6.03 Å². The highest BCUT2D eigenvalue weighted by atomic mass is 32.1. The number of thiophene rings is 1. The molecule has 0 bridgehead atoms. The van der Waals surface area contributed by atoms with E-state index in [1.807, 2.05) is 34.5 Å². The van der Waals surface area contributed by atoms with Crippen LogP contribution in [0.4, 0.5) is 15.6 Å². The lowest BCUT2D eigenvalue weighted by atomic mass is 10.1. The Kier molecular flexibility index (Phi) is 5.35. The molecule has 0 atom stereocenters. The molecule has 1 aliphatic heterocycles. The molecule has 2 amide bonds. The van der Waals surface area contributed by atoms with Crippen LogP contribution in [-0.2, 0) is 0 Å². The molecular weight excluding hydrogens is 400 g/mol. The number of rotatable bonds is 4. The van der Waals surface area contributed by atoms with E-state index in [2.05, 4.69) is 25.3 Å². The van der Waals surface area contributed by atoms with Gasteiger partial charge < -0.3 is 14.3 Å². The third-order valence-corrected chi connectivity index (χ3v) is 6.58. The minimum Gasteiger partial charge on any atom is -0.353 e. The smallest absolute Gasteiger partial charge is 0.322 e. The van der Waals surface area contributed by atoms with Crippen molar-refractivity contribution in [3.05, 3.63) is 41.7 Å². The van der Waals surface area contributed by atoms with E-state index in [1.54, 1.807) is 6.20 Å². The van der Waals surface area contributed by atoms with Crippen LogP contribution in [0.1, 0.15) is 37.5 Å². The van der Waals surface area contributed by atoms with E-state index in [1.165, 1.54) is 24.2 Å². The largest absolute Gasteiger partial charge is 0.353 e. The Morgan fingerprint density at radius 2 is 1.97 bits per heavy atom. The Balaban J connectivity index is 1.18. The van der Waals surface area contributed by atoms with Gasteiger partial charge in [0, 0.05) is 43.9 Å². The molecular formula is C21H24N6O2S. The van der Waals surface area contributed by atoms with Gasteiger partial charge in [0.25, 0.3) is 0 Å². The minimum absolute atomic E-state index is 0.0458. The van der Waals surface area contributed by atoms with Gasteiger partial charge in [-0.15, -0.1) is 11.3 Å². The number of aromatic nitrogens is 3. The molecule has 1 saturated heterocycles. The van der Waals surface area contributed by atoms with Gasteiger partial charge in [0.2, 0.25) is 11.7 Å². The van der Waals surface area contributed by atoms with Crippen molar-refractivity contribution >= 4 is 28.2 Å². The number of anilines is 2. The molecule has 0 unspecified atom stereocenters. The number of nitrogens with one attached hydrogen (secondary N) is 1. The summed E-state index contributed by atoms with van der Waals surface area (Å²) in [5, 5.41) is 9.91. The molecule has 4 heterocycles. The van der Waals surface area contributed by atoms with Gasteiger partial charge in [-0.05, 0) is 42.5 Å². The van der Waals surface area contributed by atoms with E-state index < -0.39 is 0 Å². The predicted molar refractivity (Wildman–Crippen MR) is 116 cm³/mol. The van der Waals surface area contributed by atoms with Crippen LogP contribution in [-0.4, -0.2) is 52.2 Å². The molecule has 1 saturated carbocycles. The van der Waals surface area contributed by atoms with Gasteiger partial charge in [0.1, 0.15) is 5.82 Å². The second kappa shape index (κ2) is 8.43. The number of carbonyl (C=O) groups is 1. The zero-order valence-electron chi connectivity index (χ0n) is 16.7. The maximum absolute atomic E-state index is 12.4. The maximum Gasteiger partial charge on any atom is 0.322 e. The van der Waals surface area contributed by atoms with Crippen molar-refractivity contribution in [3.63, 3.8) is 0 Å². The van der Waals surface area contributed by atoms with Gasteiger partial charge in [0.05, 0.1) is 5.00 Å². The Morgan fingerprint density at radius 1 is 1.13 bits per heavy atom. The number of piperazine rings is 1. The lowest BCUT2D eigenvalue weighted by Gasteiger charge is -2.35. The van der Waals surface area contributed by atoms with Gasteiger partial charge in [0.15, 0.2) is 0 Å². The van der Waals surface area contributed by atoms with Crippen molar-refractivity contribution in [2.75, 3.05) is 36.4 Å². The summed E-state index contributed by atoms with van der Waals surface area (Å²) < 4.78 is 5.48. The summed E-state index contributed by atoms with van der Waals surface area (Å²) in [7, 11) is 0. The molecule has 30 heavy (non-hydrogen) atoms. The fraction of sp³-hybridized carbons (Fsp3) is 0.429. The second-order valence-electron chi connectivity index (χ2n) is 7.72. The van der Waals surface area contributed by atoms with Crippen molar-refractivity contribution in [2.24, 2.45) is 0 Å². The number of pyridine rings is 1. The molecule has 3 aromatic rings. The topological polar surface area (TPSA) is 87.4 Å². The summed E-state index contributed by atoms with van der Waals surface area (Å²) >= 11 is 1.52. The molecule has 2 aliphatic rings. The van der Waals surface area contributed by atoms with Crippen LogP contribution in [0, 0.1) is 0 Å². The first-order chi connectivity index (χ1) is 14.8. The summed E-state index contributed by atoms with van der Waals surface area (Å²) in [4.78, 5) is 25.6. The SMILES string of the molecule is O=C(Nc1cccs1)N1CCN(c2ccc(-c3noc(C4CCCC4)n3)cn2)CC1. The number of urea groups is 1. The zero-order chi connectivity index (χ0) is 20.3. The number of hydrogen-bond acceptors (Lipinski definition) is 7. The van der Waals surface area contributed by atoms with E-state index in [0.29, 0.717) is 24.8 Å². The Labute approximate surface area is 178 Å². The minimum atomic E-state index is -0.0458. The maximum atomic E-state index is 12.4. The van der Waals surface area contributed by atoms with Gasteiger partial charge in [-0.25, -0.2) is 9.78 Å². The number of nitrogens with zero attached hydrogens (tertiary/aromatic N) is 5. The molecule has 9 heteroatoms. The third kappa shape index (κ3) is 4.02. The van der Waals surface area contributed by atoms with E-state index >= 15 is 0 Å². The highest BCUT2D eigenvalue weighted by Gasteiger charge is 2.24. The highest BCUT2D eigenvalue weighted by molar-refractivity contribution is 7.14. The van der Waals surface area contributed by atoms with E-state index in [9.17, 15) is 4.79 Å². The molecule has 5 rings (SSSR count). The average molecular weight is 425 g/mol. The molecule has 1 aliphatic carbocycles. The predicted octanol–water partition coefficient (Wildman–Crippen LogP) is 4.20. The van der Waals surface area contributed by atoms with Crippen molar-refractivity contribution in [2.45, 2.75) is 31.6 Å². The standard InChI is InChI=1S/C21H24N6O2S/c28-21(23-18-6-3-13-30-18)27-11-9-26(10-12-27)17-8-7-16(14-22-17)19-24-20(29-25-19)15-4-1-2-5-15/h3,6-8,13-15H,1-2,4-5,9-12H2,(H,23,28). The molecule has 8 nitrogen and oxygen atoms in total. The summed E-state index contributed by atoms with van der Waals surface area (Å²) in [6.07, 6.45) is 6.55. The highest BCUT2D eigenvalue weighted by Crippen LogP contribution is 2.34. The van der Waals surface area contributed by atoms with E-state index in [4.69, 9.17) is 4.52 Å². The Hall–Kier alpha value is -2.94. The lowest BCUT2D eigenvalue weighted by molar-refractivity contribution is 0.208. The van der Waals surface area contributed by atoms with Crippen LogP contribution < -0.4 is 10.2 Å². The van der Waals surface area contributed by atoms with E-state index in [0.717, 1.165) is 48.2 Å².